The van der Waals surface area contributed by atoms with Gasteiger partial charge in [0.1, 0.15) is 5.01 Å². The maximum atomic E-state index is 12.3. The summed E-state index contributed by atoms with van der Waals surface area (Å²) in [6.45, 7) is 4.14. The molecular weight excluding hydrogens is 420 g/mol. The number of aromatic nitrogens is 2. The quantitative estimate of drug-likeness (QED) is 0.567. The molecule has 0 aliphatic rings. The third kappa shape index (κ3) is 5.87. The molecule has 0 atom stereocenters. The summed E-state index contributed by atoms with van der Waals surface area (Å²) in [4.78, 5) is 12.3. The van der Waals surface area contributed by atoms with Crippen molar-refractivity contribution in [2.75, 3.05) is 22.4 Å². The number of anilines is 2. The van der Waals surface area contributed by atoms with E-state index in [2.05, 4.69) is 15.5 Å². The highest BCUT2D eigenvalue weighted by Crippen LogP contribution is 2.26. The second-order valence-electron chi connectivity index (χ2n) is 7.10. The largest absolute Gasteiger partial charge is 0.301 e. The van der Waals surface area contributed by atoms with Gasteiger partial charge in [-0.25, -0.2) is 8.42 Å². The number of nitrogens with one attached hydrogen (secondary N) is 1. The molecule has 0 saturated carbocycles. The van der Waals surface area contributed by atoms with Crippen LogP contribution in [-0.4, -0.2) is 37.3 Å². The number of nitrogens with zero attached hydrogens (tertiary/aromatic N) is 3. The van der Waals surface area contributed by atoms with Gasteiger partial charge in [0.2, 0.25) is 21.1 Å². The minimum atomic E-state index is -3.44. The fourth-order valence-corrected chi connectivity index (χ4v) is 4.64. The highest BCUT2D eigenvalue weighted by atomic mass is 32.2. The topological polar surface area (TPSA) is 92.3 Å². The first-order valence-corrected chi connectivity index (χ1v) is 12.1. The monoisotopic (exact) mass is 444 g/mol. The van der Waals surface area contributed by atoms with Gasteiger partial charge in [0.15, 0.2) is 0 Å². The van der Waals surface area contributed by atoms with Crippen LogP contribution in [-0.2, 0) is 14.8 Å². The maximum Gasteiger partial charge on any atom is 0.232 e. The Balaban J connectivity index is 1.57. The van der Waals surface area contributed by atoms with E-state index in [9.17, 15) is 13.2 Å². The number of hydrogen-bond acceptors (Lipinski definition) is 6. The Morgan fingerprint density at radius 3 is 2.47 bits per heavy atom. The predicted molar refractivity (Wildman–Crippen MR) is 121 cm³/mol. The molecule has 0 aliphatic carbocycles. The lowest BCUT2D eigenvalue weighted by Crippen LogP contribution is -2.31. The summed E-state index contributed by atoms with van der Waals surface area (Å²) in [6.07, 6.45) is 1.73. The molecule has 0 aliphatic heterocycles. The second-order valence-corrected chi connectivity index (χ2v) is 9.99. The molecule has 7 nitrogen and oxygen atoms in total. The van der Waals surface area contributed by atoms with Crippen molar-refractivity contribution in [3.63, 3.8) is 0 Å². The van der Waals surface area contributed by atoms with Gasteiger partial charge in [-0.2, -0.15) is 0 Å². The van der Waals surface area contributed by atoms with Crippen molar-refractivity contribution in [1.82, 2.24) is 10.2 Å². The van der Waals surface area contributed by atoms with Crippen molar-refractivity contribution < 1.29 is 13.2 Å². The number of benzene rings is 2. The average Bonchev–Trinajstić information content (AvgIpc) is 3.13. The van der Waals surface area contributed by atoms with Gasteiger partial charge in [0, 0.05) is 18.5 Å². The maximum absolute atomic E-state index is 12.3. The molecular formula is C21H24N4O3S2. The third-order valence-electron chi connectivity index (χ3n) is 4.42. The molecule has 1 N–H and O–H groups in total. The van der Waals surface area contributed by atoms with Crippen molar-refractivity contribution in [3.8, 4) is 10.6 Å². The highest BCUT2D eigenvalue weighted by molar-refractivity contribution is 7.92. The normalized spacial score (nSPS) is 11.3. The Morgan fingerprint density at radius 1 is 1.07 bits per heavy atom. The summed E-state index contributed by atoms with van der Waals surface area (Å²) in [6, 6.07) is 15.2. The van der Waals surface area contributed by atoms with Gasteiger partial charge in [0.05, 0.1) is 11.9 Å². The lowest BCUT2D eigenvalue weighted by Gasteiger charge is -2.22. The Labute approximate surface area is 180 Å². The Morgan fingerprint density at radius 2 is 1.80 bits per heavy atom. The fourth-order valence-electron chi connectivity index (χ4n) is 2.92. The third-order valence-corrected chi connectivity index (χ3v) is 6.51. The molecule has 0 unspecified atom stereocenters. The van der Waals surface area contributed by atoms with E-state index in [1.165, 1.54) is 21.9 Å². The summed E-state index contributed by atoms with van der Waals surface area (Å²) in [5.74, 6) is -0.223. The van der Waals surface area contributed by atoms with E-state index < -0.39 is 10.0 Å². The molecule has 2 aromatic carbocycles. The first-order valence-electron chi connectivity index (χ1n) is 9.47. The van der Waals surface area contributed by atoms with Crippen LogP contribution in [0.3, 0.4) is 0 Å². The smallest absolute Gasteiger partial charge is 0.232 e. The molecule has 0 spiro atoms. The zero-order valence-electron chi connectivity index (χ0n) is 17.1. The number of carbonyl (C=O) groups excluding carboxylic acids is 1. The minimum Gasteiger partial charge on any atom is -0.301 e. The van der Waals surface area contributed by atoms with Crippen LogP contribution in [0.15, 0.2) is 48.5 Å². The Kier molecular flexibility index (Phi) is 6.84. The molecule has 1 heterocycles. The van der Waals surface area contributed by atoms with E-state index in [1.54, 1.807) is 6.07 Å². The number of carbonyl (C=O) groups is 1. The minimum absolute atomic E-state index is 0.178. The van der Waals surface area contributed by atoms with Gasteiger partial charge in [-0.15, -0.1) is 10.2 Å². The molecule has 0 radical (unpaired) electrons. The highest BCUT2D eigenvalue weighted by Gasteiger charge is 2.18. The molecule has 0 saturated heterocycles. The summed E-state index contributed by atoms with van der Waals surface area (Å²) < 4.78 is 25.7. The zero-order valence-corrected chi connectivity index (χ0v) is 18.8. The number of hydrogen-bond donors (Lipinski definition) is 1. The summed E-state index contributed by atoms with van der Waals surface area (Å²) in [5.41, 5.74) is 3.68. The SMILES string of the molecule is Cc1ccc(-c2nnc(NC(=O)CCCN(c3cccc(C)c3)S(C)(=O)=O)s2)cc1. The average molecular weight is 445 g/mol. The molecule has 0 fully saturated rings. The van der Waals surface area contributed by atoms with E-state index in [-0.39, 0.29) is 18.9 Å². The second kappa shape index (κ2) is 9.36. The van der Waals surface area contributed by atoms with Gasteiger partial charge in [-0.1, -0.05) is 53.3 Å². The van der Waals surface area contributed by atoms with E-state index in [0.29, 0.717) is 17.2 Å². The molecule has 1 aromatic heterocycles. The van der Waals surface area contributed by atoms with Gasteiger partial charge >= 0.3 is 0 Å². The van der Waals surface area contributed by atoms with E-state index in [4.69, 9.17) is 0 Å². The molecule has 1 amide bonds. The lowest BCUT2D eigenvalue weighted by molar-refractivity contribution is -0.116. The van der Waals surface area contributed by atoms with Crippen molar-refractivity contribution in [2.24, 2.45) is 0 Å². The number of sulfonamides is 1. The van der Waals surface area contributed by atoms with Crippen LogP contribution in [0.1, 0.15) is 24.0 Å². The number of aryl methyl sites for hydroxylation is 2. The van der Waals surface area contributed by atoms with Gasteiger partial charge in [-0.05, 0) is 38.0 Å². The van der Waals surface area contributed by atoms with Crippen LogP contribution >= 0.6 is 11.3 Å². The van der Waals surface area contributed by atoms with Gasteiger partial charge in [-0.3, -0.25) is 9.10 Å². The molecule has 158 valence electrons. The van der Waals surface area contributed by atoms with Crippen LogP contribution in [0.5, 0.6) is 0 Å². The van der Waals surface area contributed by atoms with E-state index in [1.807, 2.05) is 56.3 Å². The molecule has 3 rings (SSSR count). The van der Waals surface area contributed by atoms with Gasteiger partial charge in [0.25, 0.3) is 0 Å². The van der Waals surface area contributed by atoms with Crippen LogP contribution in [0.25, 0.3) is 10.6 Å². The van der Waals surface area contributed by atoms with Crippen LogP contribution in [0.4, 0.5) is 10.8 Å². The van der Waals surface area contributed by atoms with E-state index in [0.717, 1.165) is 21.7 Å². The van der Waals surface area contributed by atoms with Crippen molar-refractivity contribution >= 4 is 38.1 Å². The number of amides is 1. The van der Waals surface area contributed by atoms with Crippen LogP contribution in [0.2, 0.25) is 0 Å². The lowest BCUT2D eigenvalue weighted by atomic mass is 10.2. The first kappa shape index (κ1) is 21.9. The van der Waals surface area contributed by atoms with Gasteiger partial charge < -0.3 is 5.32 Å². The summed E-state index contributed by atoms with van der Waals surface area (Å²) in [5, 5.41) is 12.0. The standard InChI is InChI=1S/C21H24N4O3S2/c1-15-9-11-17(12-10-15)20-23-24-21(29-20)22-19(26)8-5-13-25(30(3,27)28)18-7-4-6-16(2)14-18/h4,6-7,9-12,14H,5,8,13H2,1-3H3,(H,22,24,26). The first-order chi connectivity index (χ1) is 14.2. The molecule has 30 heavy (non-hydrogen) atoms. The molecule has 9 heteroatoms. The van der Waals surface area contributed by atoms with Crippen LogP contribution < -0.4 is 9.62 Å². The molecule has 0 bridgehead atoms. The van der Waals surface area contributed by atoms with Crippen LogP contribution in [0, 0.1) is 13.8 Å². The predicted octanol–water partition coefficient (Wildman–Crippen LogP) is 4.01. The molecule has 3 aromatic rings. The van der Waals surface area contributed by atoms with Crippen molar-refractivity contribution in [2.45, 2.75) is 26.7 Å². The zero-order chi connectivity index (χ0) is 21.7. The summed E-state index contributed by atoms with van der Waals surface area (Å²) >= 11 is 1.30. The summed E-state index contributed by atoms with van der Waals surface area (Å²) in [7, 11) is -3.44. The Bertz CT molecular complexity index is 1130. The van der Waals surface area contributed by atoms with E-state index >= 15 is 0 Å². The number of rotatable bonds is 8. The van der Waals surface area contributed by atoms with Crippen molar-refractivity contribution in [1.29, 1.82) is 0 Å². The Hall–Kier alpha value is -2.78. The fraction of sp³-hybridized carbons (Fsp3) is 0.286. The van der Waals surface area contributed by atoms with Crippen molar-refractivity contribution in [3.05, 3.63) is 59.7 Å².